The van der Waals surface area contributed by atoms with Gasteiger partial charge in [0.1, 0.15) is 5.75 Å². The van der Waals surface area contributed by atoms with Crippen LogP contribution in [0.25, 0.3) is 0 Å². The van der Waals surface area contributed by atoms with Crippen molar-refractivity contribution in [2.45, 2.75) is 63.0 Å². The highest BCUT2D eigenvalue weighted by molar-refractivity contribution is 7.91. The fourth-order valence-electron chi connectivity index (χ4n) is 4.29. The summed E-state index contributed by atoms with van der Waals surface area (Å²) in [6.07, 6.45) is -5.84. The topological polar surface area (TPSA) is 63.7 Å². The van der Waals surface area contributed by atoms with Crippen molar-refractivity contribution < 1.29 is 44.3 Å². The highest BCUT2D eigenvalue weighted by Gasteiger charge is 2.40. The normalized spacial score (nSPS) is 22.0. The van der Waals surface area contributed by atoms with Gasteiger partial charge in [-0.1, -0.05) is 19.3 Å². The van der Waals surface area contributed by atoms with Crippen LogP contribution in [-0.4, -0.2) is 49.4 Å². The van der Waals surface area contributed by atoms with Gasteiger partial charge >= 0.3 is 12.4 Å². The van der Waals surface area contributed by atoms with Crippen molar-refractivity contribution in [1.29, 1.82) is 0 Å². The van der Waals surface area contributed by atoms with Crippen LogP contribution < -0.4 is 4.74 Å². The van der Waals surface area contributed by atoms with E-state index in [9.17, 15) is 39.6 Å². The zero-order valence-electron chi connectivity index (χ0n) is 17.0. The molecule has 1 aliphatic heterocycles. The summed E-state index contributed by atoms with van der Waals surface area (Å²) in [5.41, 5.74) is -3.08. The first-order valence-electron chi connectivity index (χ1n) is 10.2. The molecule has 1 aromatic rings. The Kier molecular flexibility index (Phi) is 7.02. The van der Waals surface area contributed by atoms with Gasteiger partial charge in [0.05, 0.1) is 22.6 Å². The van der Waals surface area contributed by atoms with Gasteiger partial charge in [-0.3, -0.25) is 4.79 Å². The first-order valence-corrected chi connectivity index (χ1v) is 12.0. The molecule has 12 heteroatoms. The molecule has 2 aliphatic rings. The predicted octanol–water partition coefficient (Wildman–Crippen LogP) is 4.45. The van der Waals surface area contributed by atoms with Crippen molar-refractivity contribution in [2.24, 2.45) is 0 Å². The summed E-state index contributed by atoms with van der Waals surface area (Å²) >= 11 is 0. The number of alkyl halides is 6. The Hall–Kier alpha value is -1.98. The molecule has 0 N–H and O–H groups in total. The minimum Gasteiger partial charge on any atom is -0.484 e. The molecule has 2 fully saturated rings. The van der Waals surface area contributed by atoms with Gasteiger partial charge in [-0.15, -0.1) is 0 Å². The molecule has 1 saturated heterocycles. The number of nitrogens with zero attached hydrogens (tertiary/aromatic N) is 1. The zero-order valence-corrected chi connectivity index (χ0v) is 17.8. The maximum Gasteiger partial charge on any atom is 0.416 e. The summed E-state index contributed by atoms with van der Waals surface area (Å²) in [6, 6.07) is -0.00948. The highest BCUT2D eigenvalue weighted by Crippen LogP contribution is 2.38. The van der Waals surface area contributed by atoms with E-state index >= 15 is 0 Å². The van der Waals surface area contributed by atoms with Gasteiger partial charge in [0, 0.05) is 12.1 Å². The number of benzene rings is 1. The molecular formula is C20H23F6NO4S. The van der Waals surface area contributed by atoms with E-state index in [4.69, 9.17) is 4.74 Å². The molecule has 32 heavy (non-hydrogen) atoms. The van der Waals surface area contributed by atoms with E-state index < -0.39 is 57.6 Å². The van der Waals surface area contributed by atoms with Crippen molar-refractivity contribution in [1.82, 2.24) is 4.90 Å². The SMILES string of the molecule is O=C(COc1cc(C(F)(F)F)cc(C(F)(F)F)c1)N(C1CCCCC1)C1CCS(=O)(=O)C1. The number of halogens is 6. The number of sulfone groups is 1. The predicted molar refractivity (Wildman–Crippen MR) is 103 cm³/mol. The van der Waals surface area contributed by atoms with E-state index in [2.05, 4.69) is 0 Å². The average molecular weight is 487 g/mol. The van der Waals surface area contributed by atoms with Gasteiger partial charge in [-0.2, -0.15) is 26.3 Å². The first kappa shape index (κ1) is 24.7. The van der Waals surface area contributed by atoms with Crippen LogP contribution in [0.2, 0.25) is 0 Å². The van der Waals surface area contributed by atoms with Crippen LogP contribution in [0.4, 0.5) is 26.3 Å². The summed E-state index contributed by atoms with van der Waals surface area (Å²) < 4.78 is 107. The number of amides is 1. The van der Waals surface area contributed by atoms with E-state index in [0.29, 0.717) is 25.0 Å². The van der Waals surface area contributed by atoms with Crippen molar-refractivity contribution in [3.05, 3.63) is 29.3 Å². The van der Waals surface area contributed by atoms with Gasteiger partial charge in [0.2, 0.25) is 0 Å². The fraction of sp³-hybridized carbons (Fsp3) is 0.650. The van der Waals surface area contributed by atoms with Gasteiger partial charge in [0.25, 0.3) is 5.91 Å². The third-order valence-corrected chi connectivity index (χ3v) is 7.53. The Morgan fingerprint density at radius 2 is 1.47 bits per heavy atom. The third kappa shape index (κ3) is 6.08. The molecule has 3 rings (SSSR count). The number of hydrogen-bond donors (Lipinski definition) is 0. The molecule has 180 valence electrons. The molecule has 1 amide bonds. The number of hydrogen-bond acceptors (Lipinski definition) is 4. The van der Waals surface area contributed by atoms with Crippen LogP contribution in [-0.2, 0) is 27.0 Å². The van der Waals surface area contributed by atoms with Crippen LogP contribution in [0.5, 0.6) is 5.75 Å². The van der Waals surface area contributed by atoms with Gasteiger partial charge in [-0.05, 0) is 37.5 Å². The standard InChI is InChI=1S/C20H23F6NO4S/c21-19(22,23)13-8-14(20(24,25)26)10-17(9-13)31-11-18(28)27(15-4-2-1-3-5-15)16-6-7-32(29,30)12-16/h8-10,15-16H,1-7,11-12H2. The zero-order chi connectivity index (χ0) is 23.7. The average Bonchev–Trinajstić information content (AvgIpc) is 3.05. The largest absolute Gasteiger partial charge is 0.484 e. The van der Waals surface area contributed by atoms with E-state index in [1.807, 2.05) is 0 Å². The Bertz CT molecular complexity index is 906. The molecular weight excluding hydrogens is 464 g/mol. The van der Waals surface area contributed by atoms with E-state index in [-0.39, 0.29) is 30.0 Å². The molecule has 5 nitrogen and oxygen atoms in total. The van der Waals surface area contributed by atoms with Gasteiger partial charge in [0.15, 0.2) is 16.4 Å². The monoisotopic (exact) mass is 487 g/mol. The van der Waals surface area contributed by atoms with Crippen LogP contribution in [0.3, 0.4) is 0 Å². The summed E-state index contributed by atoms with van der Waals surface area (Å²) in [5, 5.41) is 0. The fourth-order valence-corrected chi connectivity index (χ4v) is 6.00. The Labute approximate surface area is 181 Å². The highest BCUT2D eigenvalue weighted by atomic mass is 32.2. The van der Waals surface area contributed by atoms with Crippen molar-refractivity contribution >= 4 is 15.7 Å². The van der Waals surface area contributed by atoms with E-state index in [0.717, 1.165) is 19.3 Å². The summed E-state index contributed by atoms with van der Waals surface area (Å²) in [6.45, 7) is -0.786. The Morgan fingerprint density at radius 1 is 0.906 bits per heavy atom. The molecule has 1 heterocycles. The van der Waals surface area contributed by atoms with Gasteiger partial charge in [-0.25, -0.2) is 8.42 Å². The molecule has 1 unspecified atom stereocenters. The second kappa shape index (κ2) is 9.11. The van der Waals surface area contributed by atoms with Crippen molar-refractivity contribution in [3.63, 3.8) is 0 Å². The minimum absolute atomic E-state index is 0.0214. The van der Waals surface area contributed by atoms with Crippen LogP contribution in [0.15, 0.2) is 18.2 Å². The summed E-state index contributed by atoms with van der Waals surface area (Å²) in [4.78, 5) is 14.4. The number of carbonyl (C=O) groups excluding carboxylic acids is 1. The summed E-state index contributed by atoms with van der Waals surface area (Å²) in [5.74, 6) is -1.66. The van der Waals surface area contributed by atoms with Crippen LogP contribution in [0, 0.1) is 0 Å². The second-order valence-corrected chi connectivity index (χ2v) is 10.4. The number of carbonyl (C=O) groups is 1. The summed E-state index contributed by atoms with van der Waals surface area (Å²) in [7, 11) is -3.31. The van der Waals surface area contributed by atoms with E-state index in [1.54, 1.807) is 0 Å². The molecule has 0 spiro atoms. The smallest absolute Gasteiger partial charge is 0.416 e. The van der Waals surface area contributed by atoms with Crippen molar-refractivity contribution in [3.8, 4) is 5.75 Å². The molecule has 1 atom stereocenters. The molecule has 1 aromatic carbocycles. The lowest BCUT2D eigenvalue weighted by atomic mass is 9.93. The Morgan fingerprint density at radius 3 is 1.94 bits per heavy atom. The first-order chi connectivity index (χ1) is 14.8. The lowest BCUT2D eigenvalue weighted by Gasteiger charge is -2.38. The molecule has 0 radical (unpaired) electrons. The molecule has 0 aromatic heterocycles. The van der Waals surface area contributed by atoms with E-state index in [1.165, 1.54) is 4.90 Å². The van der Waals surface area contributed by atoms with Gasteiger partial charge < -0.3 is 9.64 Å². The third-order valence-electron chi connectivity index (χ3n) is 5.78. The maximum atomic E-state index is 13.0. The van der Waals surface area contributed by atoms with Crippen LogP contribution in [0.1, 0.15) is 49.7 Å². The quantitative estimate of drug-likeness (QED) is 0.576. The van der Waals surface area contributed by atoms with Crippen molar-refractivity contribution in [2.75, 3.05) is 18.1 Å². The lowest BCUT2D eigenvalue weighted by molar-refractivity contribution is -0.143. The number of rotatable bonds is 5. The molecule has 1 aliphatic carbocycles. The second-order valence-electron chi connectivity index (χ2n) is 8.18. The lowest BCUT2D eigenvalue weighted by Crippen LogP contribution is -2.50. The Balaban J connectivity index is 1.81. The molecule has 1 saturated carbocycles. The minimum atomic E-state index is -5.03. The molecule has 0 bridgehead atoms. The van der Waals surface area contributed by atoms with Crippen LogP contribution >= 0.6 is 0 Å². The maximum absolute atomic E-state index is 13.0. The number of ether oxygens (including phenoxy) is 1.